The molecule has 7 heteroatoms. The predicted molar refractivity (Wildman–Crippen MR) is 119 cm³/mol. The number of allylic oxidation sites excluding steroid dienone is 1. The van der Waals surface area contributed by atoms with Crippen molar-refractivity contribution in [3.8, 4) is 17.6 Å². The lowest BCUT2D eigenvalue weighted by Gasteiger charge is -2.14. The minimum absolute atomic E-state index is 0.0758. The van der Waals surface area contributed by atoms with Crippen LogP contribution in [0.25, 0.3) is 0 Å². The Bertz CT molecular complexity index is 1070. The lowest BCUT2D eigenvalue weighted by Crippen LogP contribution is -2.14. The number of carbonyl (C=O) groups excluding carboxylic acids is 2. The lowest BCUT2D eigenvalue weighted by atomic mass is 10.1. The topological polar surface area (TPSA) is 85.6 Å². The van der Waals surface area contributed by atoms with Crippen molar-refractivity contribution in [3.05, 3.63) is 72.1 Å². The van der Waals surface area contributed by atoms with Gasteiger partial charge in [0.1, 0.15) is 11.8 Å². The fraction of sp³-hybridized carbons (Fsp3) is 0.346. The minimum atomic E-state index is -1.23. The maximum absolute atomic E-state index is 14.2. The molecule has 0 N–H and O–H groups in total. The fourth-order valence-corrected chi connectivity index (χ4v) is 3.66. The third kappa shape index (κ3) is 5.78. The van der Waals surface area contributed by atoms with Crippen molar-refractivity contribution < 1.29 is 28.2 Å². The molecule has 172 valence electrons. The highest BCUT2D eigenvalue weighted by atomic mass is 19.1. The first-order valence-electron chi connectivity index (χ1n) is 10.7. The highest BCUT2D eigenvalue weighted by Gasteiger charge is 2.61. The average molecular weight is 451 g/mol. The van der Waals surface area contributed by atoms with E-state index < -0.39 is 35.2 Å². The number of rotatable bonds is 9. The summed E-state index contributed by atoms with van der Waals surface area (Å²) >= 11 is 0. The van der Waals surface area contributed by atoms with Crippen LogP contribution in [0.5, 0.6) is 11.5 Å². The number of halogens is 1. The van der Waals surface area contributed by atoms with Crippen LogP contribution in [0, 0.1) is 34.4 Å². The van der Waals surface area contributed by atoms with Crippen molar-refractivity contribution in [2.45, 2.75) is 33.3 Å². The van der Waals surface area contributed by atoms with Gasteiger partial charge in [-0.3, -0.25) is 4.79 Å². The van der Waals surface area contributed by atoms with E-state index in [1.165, 1.54) is 24.3 Å². The van der Waals surface area contributed by atoms with Gasteiger partial charge in [-0.1, -0.05) is 51.1 Å². The Kier molecular flexibility index (Phi) is 7.49. The molecule has 2 aromatic rings. The Labute approximate surface area is 192 Å². The molecular weight excluding hydrogens is 425 g/mol. The summed E-state index contributed by atoms with van der Waals surface area (Å²) in [5.74, 6) is -1.99. The Hall–Kier alpha value is -3.66. The van der Waals surface area contributed by atoms with Gasteiger partial charge in [0.2, 0.25) is 6.10 Å². The molecule has 0 amide bonds. The van der Waals surface area contributed by atoms with E-state index in [-0.39, 0.29) is 11.7 Å². The molecule has 1 saturated carbocycles. The Morgan fingerprint density at radius 2 is 1.94 bits per heavy atom. The number of ether oxygens (including phenoxy) is 3. The number of nitrogens with zero attached hydrogens (tertiary/aromatic N) is 1. The van der Waals surface area contributed by atoms with Crippen molar-refractivity contribution in [1.82, 2.24) is 0 Å². The summed E-state index contributed by atoms with van der Waals surface area (Å²) in [5.41, 5.74) is -0.130. The summed E-state index contributed by atoms with van der Waals surface area (Å²) < 4.78 is 30.3. The van der Waals surface area contributed by atoms with Gasteiger partial charge < -0.3 is 14.2 Å². The zero-order valence-electron chi connectivity index (χ0n) is 18.8. The van der Waals surface area contributed by atoms with E-state index in [1.54, 1.807) is 36.4 Å². The summed E-state index contributed by atoms with van der Waals surface area (Å²) in [7, 11) is 0. The van der Waals surface area contributed by atoms with E-state index in [0.717, 1.165) is 6.42 Å². The van der Waals surface area contributed by atoms with Crippen LogP contribution < -0.4 is 4.74 Å². The minimum Gasteiger partial charge on any atom is -0.463 e. The van der Waals surface area contributed by atoms with Crippen LogP contribution in [0.1, 0.15) is 38.9 Å². The molecule has 0 aromatic heterocycles. The molecule has 6 nitrogen and oxygen atoms in total. The number of benzene rings is 2. The predicted octanol–water partition coefficient (Wildman–Crippen LogP) is 5.51. The normalized spacial score (nSPS) is 19.4. The highest BCUT2D eigenvalue weighted by Crippen LogP contribution is 2.59. The molecule has 1 aliphatic rings. The van der Waals surface area contributed by atoms with Crippen molar-refractivity contribution >= 4 is 11.9 Å². The molecule has 0 bridgehead atoms. The number of para-hydroxylation sites is 1. The van der Waals surface area contributed by atoms with Gasteiger partial charge in [0.25, 0.3) is 0 Å². The Morgan fingerprint density at radius 1 is 1.21 bits per heavy atom. The van der Waals surface area contributed by atoms with Crippen LogP contribution >= 0.6 is 0 Å². The summed E-state index contributed by atoms with van der Waals surface area (Å²) in [4.78, 5) is 24.5. The van der Waals surface area contributed by atoms with Crippen LogP contribution in [0.4, 0.5) is 4.39 Å². The third-order valence-corrected chi connectivity index (χ3v) is 5.63. The average Bonchev–Trinajstić information content (AvgIpc) is 3.37. The van der Waals surface area contributed by atoms with Crippen molar-refractivity contribution in [3.63, 3.8) is 0 Å². The van der Waals surface area contributed by atoms with Crippen molar-refractivity contribution in [1.29, 1.82) is 5.26 Å². The molecular formula is C26H26FNO5. The van der Waals surface area contributed by atoms with Crippen LogP contribution in [-0.4, -0.2) is 18.5 Å². The second-order valence-corrected chi connectivity index (χ2v) is 8.40. The lowest BCUT2D eigenvalue weighted by molar-refractivity contribution is -0.149. The van der Waals surface area contributed by atoms with Crippen LogP contribution in [-0.2, 0) is 19.1 Å². The second-order valence-electron chi connectivity index (χ2n) is 8.40. The zero-order valence-corrected chi connectivity index (χ0v) is 18.8. The Morgan fingerprint density at radius 3 is 2.61 bits per heavy atom. The van der Waals surface area contributed by atoms with Crippen LogP contribution in [0.2, 0.25) is 0 Å². The maximum Gasteiger partial charge on any atom is 0.330 e. The first-order valence-corrected chi connectivity index (χ1v) is 10.7. The third-order valence-electron chi connectivity index (χ3n) is 5.63. The summed E-state index contributed by atoms with van der Waals surface area (Å²) in [6.45, 7) is 6.00. The Balaban J connectivity index is 1.69. The van der Waals surface area contributed by atoms with E-state index >= 15 is 0 Å². The number of nitriles is 1. The summed E-state index contributed by atoms with van der Waals surface area (Å²) in [6, 6.07) is 14.5. The van der Waals surface area contributed by atoms with E-state index in [1.807, 2.05) is 26.8 Å². The number of hydrogen-bond donors (Lipinski definition) is 0. The molecule has 1 unspecified atom stereocenters. The molecule has 1 aliphatic carbocycles. The molecule has 0 heterocycles. The smallest absolute Gasteiger partial charge is 0.330 e. The highest BCUT2D eigenvalue weighted by molar-refractivity contribution is 5.83. The SMILES string of the molecule is CCCOC(=O)C=C[C@H]1[C@@H](C(=O)OC(C#N)c2ccc(F)c(Oc3ccccc3)c2)C1(C)C. The maximum atomic E-state index is 14.2. The van der Waals surface area contributed by atoms with Gasteiger partial charge in [-0.15, -0.1) is 0 Å². The number of carbonyl (C=O) groups is 2. The molecule has 0 aliphatic heterocycles. The summed E-state index contributed by atoms with van der Waals surface area (Å²) in [5, 5.41) is 9.60. The van der Waals surface area contributed by atoms with Gasteiger partial charge in [0.15, 0.2) is 11.6 Å². The van der Waals surface area contributed by atoms with E-state index in [2.05, 4.69) is 0 Å². The largest absolute Gasteiger partial charge is 0.463 e. The first-order chi connectivity index (χ1) is 15.8. The molecule has 0 spiro atoms. The van der Waals surface area contributed by atoms with Gasteiger partial charge in [-0.25, -0.2) is 9.18 Å². The van der Waals surface area contributed by atoms with E-state index in [9.17, 15) is 19.2 Å². The molecule has 1 fully saturated rings. The molecule has 3 atom stereocenters. The van der Waals surface area contributed by atoms with Crippen molar-refractivity contribution in [2.24, 2.45) is 17.3 Å². The fourth-order valence-electron chi connectivity index (χ4n) is 3.66. The van der Waals surface area contributed by atoms with Crippen LogP contribution in [0.3, 0.4) is 0 Å². The van der Waals surface area contributed by atoms with Gasteiger partial charge in [-0.05, 0) is 42.0 Å². The van der Waals surface area contributed by atoms with Gasteiger partial charge in [0, 0.05) is 11.6 Å². The number of esters is 2. The van der Waals surface area contributed by atoms with Gasteiger partial charge in [0.05, 0.1) is 12.5 Å². The molecule has 3 rings (SSSR count). The van der Waals surface area contributed by atoms with E-state index in [4.69, 9.17) is 14.2 Å². The molecule has 33 heavy (non-hydrogen) atoms. The van der Waals surface area contributed by atoms with Crippen LogP contribution in [0.15, 0.2) is 60.7 Å². The standard InChI is InChI=1S/C26H26FNO5/c1-4-14-31-23(29)13-11-19-24(26(19,2)3)25(30)33-22(16-28)17-10-12-20(27)21(15-17)32-18-8-6-5-7-9-18/h5-13,15,19,22,24H,4,14H2,1-3H3/t19-,22?,24-/m0/s1. The first kappa shape index (κ1) is 24.0. The quantitative estimate of drug-likeness (QED) is 0.369. The zero-order chi connectivity index (χ0) is 24.0. The van der Waals surface area contributed by atoms with Gasteiger partial charge in [-0.2, -0.15) is 5.26 Å². The summed E-state index contributed by atoms with van der Waals surface area (Å²) in [6.07, 6.45) is 2.46. The van der Waals surface area contributed by atoms with Crippen molar-refractivity contribution in [2.75, 3.05) is 6.61 Å². The molecule has 0 radical (unpaired) electrons. The second kappa shape index (κ2) is 10.3. The van der Waals surface area contributed by atoms with E-state index in [0.29, 0.717) is 17.9 Å². The van der Waals surface area contributed by atoms with Gasteiger partial charge >= 0.3 is 11.9 Å². The monoisotopic (exact) mass is 451 g/mol. The number of hydrogen-bond acceptors (Lipinski definition) is 6. The molecule has 0 saturated heterocycles. The molecule has 2 aromatic carbocycles.